The van der Waals surface area contributed by atoms with Gasteiger partial charge in [-0.05, 0) is 36.1 Å². The molecule has 0 radical (unpaired) electrons. The van der Waals surface area contributed by atoms with Crippen molar-refractivity contribution in [2.24, 2.45) is 0 Å². The van der Waals surface area contributed by atoms with E-state index in [-0.39, 0.29) is 0 Å². The molecule has 0 saturated heterocycles. The Morgan fingerprint density at radius 3 is 1.57 bits per heavy atom. The molecule has 0 spiro atoms. The Morgan fingerprint density at radius 2 is 1.14 bits per heavy atom. The smallest absolute Gasteiger partial charge is 0.138 e. The highest BCUT2D eigenvalue weighted by Crippen LogP contribution is 2.20. The molecule has 4 N–H and O–H groups in total. The number of H-pyrrole nitrogens is 2. The highest BCUT2D eigenvalue weighted by Gasteiger charge is 2.15. The molecule has 2 atom stereocenters. The van der Waals surface area contributed by atoms with Crippen molar-refractivity contribution in [1.82, 2.24) is 20.8 Å². The van der Waals surface area contributed by atoms with Crippen LogP contribution < -0.4 is 10.9 Å². The Labute approximate surface area is 162 Å². The van der Waals surface area contributed by atoms with Crippen LogP contribution >= 0.6 is 0 Å². The third-order valence-electron chi connectivity index (χ3n) is 5.01. The van der Waals surface area contributed by atoms with Gasteiger partial charge in [-0.3, -0.25) is 0 Å². The number of para-hydroxylation sites is 2. The number of carbonyl (C=O) groups is 2. The lowest BCUT2D eigenvalue weighted by molar-refractivity contribution is -0.112. The maximum atomic E-state index is 11.6. The second-order valence-corrected chi connectivity index (χ2v) is 6.90. The maximum Gasteiger partial charge on any atom is 0.138 e. The molecule has 0 aliphatic rings. The Bertz CT molecular complexity index is 1010. The molecular weight excluding hydrogens is 352 g/mol. The molecule has 28 heavy (non-hydrogen) atoms. The monoisotopic (exact) mass is 374 g/mol. The Balaban J connectivity index is 1.40. The highest BCUT2D eigenvalue weighted by atomic mass is 16.1. The van der Waals surface area contributed by atoms with E-state index in [0.717, 1.165) is 45.5 Å². The zero-order chi connectivity index (χ0) is 19.3. The summed E-state index contributed by atoms with van der Waals surface area (Å²) in [6.07, 6.45) is 6.63. The normalized spacial score (nSPS) is 13.6. The Morgan fingerprint density at radius 1 is 0.714 bits per heavy atom. The number of rotatable bonds is 9. The first-order chi connectivity index (χ1) is 13.8. The lowest BCUT2D eigenvalue weighted by atomic mass is 10.1. The van der Waals surface area contributed by atoms with Gasteiger partial charge < -0.3 is 19.6 Å². The highest BCUT2D eigenvalue weighted by molar-refractivity contribution is 5.84. The molecule has 4 aromatic rings. The molecule has 4 rings (SSSR count). The molecule has 0 aliphatic carbocycles. The van der Waals surface area contributed by atoms with Crippen LogP contribution in [-0.4, -0.2) is 34.6 Å². The molecule has 6 nitrogen and oxygen atoms in total. The van der Waals surface area contributed by atoms with Crippen molar-refractivity contribution < 1.29 is 9.59 Å². The molecule has 0 saturated carbocycles. The van der Waals surface area contributed by atoms with E-state index in [1.165, 1.54) is 0 Å². The summed E-state index contributed by atoms with van der Waals surface area (Å²) in [5.74, 6) is 0. The summed E-state index contributed by atoms with van der Waals surface area (Å²) in [6, 6.07) is 15.1. The summed E-state index contributed by atoms with van der Waals surface area (Å²) in [7, 11) is 0. The fourth-order valence-corrected chi connectivity index (χ4v) is 3.56. The van der Waals surface area contributed by atoms with Crippen LogP contribution in [0.5, 0.6) is 0 Å². The van der Waals surface area contributed by atoms with Gasteiger partial charge in [-0.2, -0.15) is 0 Å². The summed E-state index contributed by atoms with van der Waals surface area (Å²) in [5, 5.41) is 2.20. The van der Waals surface area contributed by atoms with Crippen LogP contribution in [-0.2, 0) is 22.4 Å². The van der Waals surface area contributed by atoms with E-state index < -0.39 is 12.1 Å². The summed E-state index contributed by atoms with van der Waals surface area (Å²) in [6.45, 7) is 0. The fraction of sp³-hybridized carbons (Fsp3) is 0.182. The maximum absolute atomic E-state index is 11.6. The van der Waals surface area contributed by atoms with E-state index >= 15 is 0 Å². The molecule has 2 heterocycles. The first kappa shape index (κ1) is 18.2. The minimum absolute atomic E-state index is 0.440. The zero-order valence-electron chi connectivity index (χ0n) is 15.3. The van der Waals surface area contributed by atoms with E-state index in [1.54, 1.807) is 0 Å². The summed E-state index contributed by atoms with van der Waals surface area (Å²) < 4.78 is 0. The molecule has 0 aliphatic heterocycles. The molecule has 2 aromatic heterocycles. The van der Waals surface area contributed by atoms with E-state index in [4.69, 9.17) is 0 Å². The number of nitrogens with one attached hydrogen (secondary N) is 4. The van der Waals surface area contributed by atoms with Gasteiger partial charge in [-0.25, -0.2) is 10.9 Å². The van der Waals surface area contributed by atoms with Gasteiger partial charge in [0.2, 0.25) is 0 Å². The van der Waals surface area contributed by atoms with Crippen LogP contribution in [0.1, 0.15) is 11.1 Å². The van der Waals surface area contributed by atoms with Gasteiger partial charge in [0.1, 0.15) is 12.6 Å². The van der Waals surface area contributed by atoms with Gasteiger partial charge in [-0.1, -0.05) is 36.4 Å². The molecule has 6 heteroatoms. The first-order valence-corrected chi connectivity index (χ1v) is 9.30. The fourth-order valence-electron chi connectivity index (χ4n) is 3.56. The molecule has 0 unspecified atom stereocenters. The second kappa shape index (κ2) is 8.21. The number of hydrogen-bond acceptors (Lipinski definition) is 4. The molecule has 2 aromatic carbocycles. The number of hydrogen-bond donors (Lipinski definition) is 4. The van der Waals surface area contributed by atoms with Crippen LogP contribution in [0.2, 0.25) is 0 Å². The van der Waals surface area contributed by atoms with Crippen molar-refractivity contribution in [2.45, 2.75) is 24.9 Å². The second-order valence-electron chi connectivity index (χ2n) is 6.90. The molecule has 0 bridgehead atoms. The summed E-state index contributed by atoms with van der Waals surface area (Å²) in [5.41, 5.74) is 10.2. The van der Waals surface area contributed by atoms with Crippen molar-refractivity contribution in [2.75, 3.05) is 0 Å². The van der Waals surface area contributed by atoms with E-state index in [2.05, 4.69) is 20.8 Å². The van der Waals surface area contributed by atoms with E-state index in [0.29, 0.717) is 12.8 Å². The number of benzene rings is 2. The van der Waals surface area contributed by atoms with Crippen LogP contribution in [0.3, 0.4) is 0 Å². The quantitative estimate of drug-likeness (QED) is 0.268. The standard InChI is InChI=1S/C22H22N4O2/c27-13-17(9-15-11-23-21-7-3-1-5-19(15)21)25-26-18(14-28)10-16-12-24-22-8-4-2-6-20(16)22/h1-8,11-14,17-18,23-26H,9-10H2/t17-,18-/m0/s1. The summed E-state index contributed by atoms with van der Waals surface area (Å²) >= 11 is 0. The van der Waals surface area contributed by atoms with Crippen LogP contribution in [0.15, 0.2) is 60.9 Å². The van der Waals surface area contributed by atoms with Gasteiger partial charge in [0, 0.05) is 34.2 Å². The number of hydrazine groups is 1. The van der Waals surface area contributed by atoms with Crippen LogP contribution in [0.4, 0.5) is 0 Å². The van der Waals surface area contributed by atoms with Gasteiger partial charge >= 0.3 is 0 Å². The number of aldehydes is 2. The van der Waals surface area contributed by atoms with Crippen LogP contribution in [0, 0.1) is 0 Å². The van der Waals surface area contributed by atoms with E-state index in [9.17, 15) is 9.59 Å². The number of carbonyl (C=O) groups excluding carboxylic acids is 2. The molecular formula is C22H22N4O2. The third kappa shape index (κ3) is 3.74. The van der Waals surface area contributed by atoms with Crippen molar-refractivity contribution >= 4 is 34.4 Å². The summed E-state index contributed by atoms with van der Waals surface area (Å²) in [4.78, 5) is 29.5. The minimum Gasteiger partial charge on any atom is -0.361 e. The van der Waals surface area contributed by atoms with Gasteiger partial charge in [0.15, 0.2) is 0 Å². The Hall–Kier alpha value is -3.22. The topological polar surface area (TPSA) is 89.8 Å². The minimum atomic E-state index is -0.440. The van der Waals surface area contributed by atoms with Crippen molar-refractivity contribution in [3.8, 4) is 0 Å². The van der Waals surface area contributed by atoms with Crippen LogP contribution in [0.25, 0.3) is 21.8 Å². The molecule has 142 valence electrons. The number of aromatic amines is 2. The average Bonchev–Trinajstić information content (AvgIpc) is 3.34. The predicted molar refractivity (Wildman–Crippen MR) is 110 cm³/mol. The van der Waals surface area contributed by atoms with Gasteiger partial charge in [0.05, 0.1) is 12.1 Å². The lowest BCUT2D eigenvalue weighted by Gasteiger charge is -2.17. The Kier molecular flexibility index (Phi) is 5.32. The predicted octanol–water partition coefficient (Wildman–Crippen LogP) is 2.66. The molecule has 0 fully saturated rings. The lowest BCUT2D eigenvalue weighted by Crippen LogP contribution is -2.49. The zero-order valence-corrected chi connectivity index (χ0v) is 15.3. The van der Waals surface area contributed by atoms with Crippen molar-refractivity contribution in [3.05, 3.63) is 72.1 Å². The first-order valence-electron chi connectivity index (χ1n) is 9.30. The van der Waals surface area contributed by atoms with Crippen molar-refractivity contribution in [3.63, 3.8) is 0 Å². The van der Waals surface area contributed by atoms with Gasteiger partial charge in [-0.15, -0.1) is 0 Å². The average molecular weight is 374 g/mol. The number of fused-ring (bicyclic) bond motifs is 2. The largest absolute Gasteiger partial charge is 0.361 e. The van der Waals surface area contributed by atoms with Gasteiger partial charge in [0.25, 0.3) is 0 Å². The van der Waals surface area contributed by atoms with Crippen molar-refractivity contribution in [1.29, 1.82) is 0 Å². The molecule has 0 amide bonds. The van der Waals surface area contributed by atoms with E-state index in [1.807, 2.05) is 60.9 Å². The third-order valence-corrected chi connectivity index (χ3v) is 5.01. The number of aromatic nitrogens is 2. The SMILES string of the molecule is O=C[C@H](Cc1c[nH]c2ccccc12)NN[C@H](C=O)Cc1c[nH]c2ccccc12.